The molecule has 0 bridgehead atoms. The van der Waals surface area contributed by atoms with Crippen molar-refractivity contribution in [3.05, 3.63) is 30.6 Å². The first-order chi connectivity index (χ1) is 8.77. The van der Waals surface area contributed by atoms with E-state index in [0.717, 1.165) is 37.5 Å². The zero-order valence-corrected chi connectivity index (χ0v) is 11.4. The highest BCUT2D eigenvalue weighted by atomic mass is 15.0. The standard InChI is InChI=1S/C15H23N3/c1-13(2)8-10-16-9-5-11-18-12-17-14-6-3-4-7-15(14)18/h3-4,6-7,12-13,16H,5,8-11H2,1-2H3. The number of nitrogens with one attached hydrogen (secondary N) is 1. The van der Waals surface area contributed by atoms with E-state index in [-0.39, 0.29) is 0 Å². The molecule has 0 unspecified atom stereocenters. The lowest BCUT2D eigenvalue weighted by Crippen LogP contribution is -2.19. The van der Waals surface area contributed by atoms with Crippen molar-refractivity contribution >= 4 is 11.0 Å². The molecule has 1 N–H and O–H groups in total. The smallest absolute Gasteiger partial charge is 0.0958 e. The molecule has 0 spiro atoms. The Hall–Kier alpha value is -1.35. The summed E-state index contributed by atoms with van der Waals surface area (Å²) < 4.78 is 2.24. The summed E-state index contributed by atoms with van der Waals surface area (Å²) in [4.78, 5) is 4.40. The molecule has 0 saturated carbocycles. The summed E-state index contributed by atoms with van der Waals surface area (Å²) in [6, 6.07) is 8.30. The molecule has 3 heteroatoms. The number of imidazole rings is 1. The van der Waals surface area contributed by atoms with Gasteiger partial charge in [0, 0.05) is 6.54 Å². The molecule has 0 fully saturated rings. The van der Waals surface area contributed by atoms with Gasteiger partial charge in [0.05, 0.1) is 17.4 Å². The van der Waals surface area contributed by atoms with Gasteiger partial charge in [-0.15, -0.1) is 0 Å². The van der Waals surface area contributed by atoms with Gasteiger partial charge in [0.15, 0.2) is 0 Å². The predicted octanol–water partition coefficient (Wildman–Crippen LogP) is 3.06. The van der Waals surface area contributed by atoms with Crippen LogP contribution >= 0.6 is 0 Å². The van der Waals surface area contributed by atoms with E-state index >= 15 is 0 Å². The lowest BCUT2D eigenvalue weighted by molar-refractivity contribution is 0.519. The molecule has 0 aliphatic rings. The maximum atomic E-state index is 4.40. The highest BCUT2D eigenvalue weighted by molar-refractivity contribution is 5.74. The Morgan fingerprint density at radius 1 is 1.22 bits per heavy atom. The molecule has 18 heavy (non-hydrogen) atoms. The Bertz CT molecular complexity index is 473. The lowest BCUT2D eigenvalue weighted by Gasteiger charge is -2.07. The van der Waals surface area contributed by atoms with Gasteiger partial charge < -0.3 is 9.88 Å². The van der Waals surface area contributed by atoms with E-state index in [4.69, 9.17) is 0 Å². The number of hydrogen-bond acceptors (Lipinski definition) is 2. The van der Waals surface area contributed by atoms with E-state index < -0.39 is 0 Å². The molecule has 1 aromatic heterocycles. The molecule has 0 atom stereocenters. The Kier molecular flexibility index (Phi) is 4.76. The first kappa shape index (κ1) is 13.1. The third-order valence-corrected chi connectivity index (χ3v) is 3.18. The van der Waals surface area contributed by atoms with Gasteiger partial charge in [-0.2, -0.15) is 0 Å². The maximum absolute atomic E-state index is 4.40. The second kappa shape index (κ2) is 6.55. The fourth-order valence-electron chi connectivity index (χ4n) is 2.08. The van der Waals surface area contributed by atoms with E-state index in [1.54, 1.807) is 0 Å². The van der Waals surface area contributed by atoms with Crippen molar-refractivity contribution < 1.29 is 0 Å². The summed E-state index contributed by atoms with van der Waals surface area (Å²) >= 11 is 0. The van der Waals surface area contributed by atoms with Gasteiger partial charge in [-0.1, -0.05) is 26.0 Å². The van der Waals surface area contributed by atoms with Crippen LogP contribution in [0.25, 0.3) is 11.0 Å². The van der Waals surface area contributed by atoms with Crippen molar-refractivity contribution in [2.45, 2.75) is 33.2 Å². The molecule has 3 nitrogen and oxygen atoms in total. The number of para-hydroxylation sites is 2. The minimum absolute atomic E-state index is 0.787. The van der Waals surface area contributed by atoms with Crippen LogP contribution in [-0.4, -0.2) is 22.6 Å². The Morgan fingerprint density at radius 2 is 2.06 bits per heavy atom. The number of fused-ring (bicyclic) bond motifs is 1. The second-order valence-corrected chi connectivity index (χ2v) is 5.21. The normalized spacial score (nSPS) is 11.5. The van der Waals surface area contributed by atoms with Crippen molar-refractivity contribution in [2.75, 3.05) is 13.1 Å². The number of rotatable bonds is 7. The summed E-state index contributed by atoms with van der Waals surface area (Å²) in [7, 11) is 0. The van der Waals surface area contributed by atoms with Gasteiger partial charge in [-0.05, 0) is 44.0 Å². The summed E-state index contributed by atoms with van der Waals surface area (Å²) in [5.41, 5.74) is 2.32. The number of hydrogen-bond donors (Lipinski definition) is 1. The van der Waals surface area contributed by atoms with E-state index in [0.29, 0.717) is 0 Å². The molecule has 0 amide bonds. The van der Waals surface area contributed by atoms with Crippen molar-refractivity contribution in [2.24, 2.45) is 5.92 Å². The third kappa shape index (κ3) is 3.57. The van der Waals surface area contributed by atoms with Gasteiger partial charge in [-0.3, -0.25) is 0 Å². The number of benzene rings is 1. The molecule has 0 aliphatic heterocycles. The molecule has 1 heterocycles. The number of aromatic nitrogens is 2. The van der Waals surface area contributed by atoms with Crippen LogP contribution in [0.2, 0.25) is 0 Å². The topological polar surface area (TPSA) is 29.9 Å². The molecular weight excluding hydrogens is 222 g/mol. The molecule has 2 aromatic rings. The van der Waals surface area contributed by atoms with Crippen LogP contribution < -0.4 is 5.32 Å². The van der Waals surface area contributed by atoms with Gasteiger partial charge in [-0.25, -0.2) is 4.98 Å². The molecule has 2 rings (SSSR count). The lowest BCUT2D eigenvalue weighted by atomic mass is 10.1. The summed E-state index contributed by atoms with van der Waals surface area (Å²) in [5, 5.41) is 3.49. The third-order valence-electron chi connectivity index (χ3n) is 3.18. The second-order valence-electron chi connectivity index (χ2n) is 5.21. The van der Waals surface area contributed by atoms with Crippen molar-refractivity contribution in [1.29, 1.82) is 0 Å². The Morgan fingerprint density at radius 3 is 2.89 bits per heavy atom. The van der Waals surface area contributed by atoms with Crippen LogP contribution in [-0.2, 0) is 6.54 Å². The highest BCUT2D eigenvalue weighted by Crippen LogP contribution is 2.11. The van der Waals surface area contributed by atoms with Crippen LogP contribution in [0, 0.1) is 5.92 Å². The molecule has 0 saturated heterocycles. The van der Waals surface area contributed by atoms with Crippen molar-refractivity contribution in [1.82, 2.24) is 14.9 Å². The van der Waals surface area contributed by atoms with Gasteiger partial charge in [0.2, 0.25) is 0 Å². The van der Waals surface area contributed by atoms with Crippen LogP contribution in [0.4, 0.5) is 0 Å². The molecular formula is C15H23N3. The van der Waals surface area contributed by atoms with Crippen LogP contribution in [0.15, 0.2) is 30.6 Å². The molecule has 98 valence electrons. The zero-order chi connectivity index (χ0) is 12.8. The van der Waals surface area contributed by atoms with Crippen LogP contribution in [0.5, 0.6) is 0 Å². The minimum Gasteiger partial charge on any atom is -0.331 e. The molecule has 1 aromatic carbocycles. The van der Waals surface area contributed by atoms with E-state index in [9.17, 15) is 0 Å². The van der Waals surface area contributed by atoms with Gasteiger partial charge in [0.1, 0.15) is 0 Å². The average Bonchev–Trinajstić information content (AvgIpc) is 2.77. The SMILES string of the molecule is CC(C)CCNCCCn1cnc2ccccc21. The predicted molar refractivity (Wildman–Crippen MR) is 76.7 cm³/mol. The van der Waals surface area contributed by atoms with Crippen LogP contribution in [0.3, 0.4) is 0 Å². The Labute approximate surface area is 109 Å². The largest absolute Gasteiger partial charge is 0.331 e. The van der Waals surface area contributed by atoms with Crippen molar-refractivity contribution in [3.63, 3.8) is 0 Å². The monoisotopic (exact) mass is 245 g/mol. The van der Waals surface area contributed by atoms with E-state index in [2.05, 4.69) is 46.9 Å². The fourth-order valence-corrected chi connectivity index (χ4v) is 2.08. The Balaban J connectivity index is 1.74. The van der Waals surface area contributed by atoms with Gasteiger partial charge >= 0.3 is 0 Å². The number of aryl methyl sites for hydroxylation is 1. The van der Waals surface area contributed by atoms with Crippen molar-refractivity contribution in [3.8, 4) is 0 Å². The van der Waals surface area contributed by atoms with E-state index in [1.165, 1.54) is 11.9 Å². The first-order valence-corrected chi connectivity index (χ1v) is 6.88. The average molecular weight is 245 g/mol. The molecule has 0 aliphatic carbocycles. The maximum Gasteiger partial charge on any atom is 0.0958 e. The fraction of sp³-hybridized carbons (Fsp3) is 0.533. The molecule has 0 radical (unpaired) electrons. The quantitative estimate of drug-likeness (QED) is 0.760. The van der Waals surface area contributed by atoms with E-state index in [1.807, 2.05) is 12.4 Å². The van der Waals surface area contributed by atoms with Crippen LogP contribution in [0.1, 0.15) is 26.7 Å². The zero-order valence-electron chi connectivity index (χ0n) is 11.4. The van der Waals surface area contributed by atoms with Gasteiger partial charge in [0.25, 0.3) is 0 Å². The summed E-state index contributed by atoms with van der Waals surface area (Å²) in [5.74, 6) is 0.787. The highest BCUT2D eigenvalue weighted by Gasteiger charge is 2.00. The first-order valence-electron chi connectivity index (χ1n) is 6.88. The number of nitrogens with zero attached hydrogens (tertiary/aromatic N) is 2. The minimum atomic E-state index is 0.787. The summed E-state index contributed by atoms with van der Waals surface area (Å²) in [6.45, 7) is 7.77. The summed E-state index contributed by atoms with van der Waals surface area (Å²) in [6.07, 6.45) is 4.35.